The second-order valence-corrected chi connectivity index (χ2v) is 10.1. The largest absolute Gasteiger partial charge is 0.198 e. The molecule has 148 valence electrons. The SMILES string of the molecule is CCC[C@@]1(C#N)CCCC[C@H]1C1CCC([C@H]2CC[C@H](CCC)CC2)CC1. The van der Waals surface area contributed by atoms with Gasteiger partial charge in [-0.3, -0.25) is 0 Å². The molecule has 2 atom stereocenters. The molecule has 26 heavy (non-hydrogen) atoms. The van der Waals surface area contributed by atoms with Gasteiger partial charge in [0.2, 0.25) is 0 Å². The van der Waals surface area contributed by atoms with Crippen molar-refractivity contribution in [3.05, 3.63) is 0 Å². The maximum Gasteiger partial charge on any atom is 0.0692 e. The molecule has 0 unspecified atom stereocenters. The van der Waals surface area contributed by atoms with E-state index in [0.717, 1.165) is 30.1 Å². The highest BCUT2D eigenvalue weighted by Crippen LogP contribution is 2.52. The van der Waals surface area contributed by atoms with Crippen molar-refractivity contribution in [2.75, 3.05) is 0 Å². The molecule has 0 aromatic rings. The molecule has 0 aliphatic heterocycles. The summed E-state index contributed by atoms with van der Waals surface area (Å²) in [5.74, 6) is 4.66. The van der Waals surface area contributed by atoms with Crippen LogP contribution in [-0.2, 0) is 0 Å². The lowest BCUT2D eigenvalue weighted by Gasteiger charge is -2.46. The molecule has 1 nitrogen and oxygen atoms in total. The standard InChI is InChI=1S/C25H43N/c1-3-7-20-9-11-21(12-10-20)22-13-15-23(16-14-22)24-8-5-6-18-25(24,19-26)17-4-2/h20-24H,3-18H2,1-2H3/t20-,21-,22?,23?,24-,25-/m0/s1. The van der Waals surface area contributed by atoms with Gasteiger partial charge in [-0.2, -0.15) is 5.26 Å². The van der Waals surface area contributed by atoms with Crippen molar-refractivity contribution in [3.8, 4) is 6.07 Å². The van der Waals surface area contributed by atoms with E-state index in [-0.39, 0.29) is 5.41 Å². The zero-order valence-corrected chi connectivity index (χ0v) is 17.6. The van der Waals surface area contributed by atoms with E-state index < -0.39 is 0 Å². The molecule has 0 radical (unpaired) electrons. The van der Waals surface area contributed by atoms with Crippen molar-refractivity contribution in [1.82, 2.24) is 0 Å². The van der Waals surface area contributed by atoms with E-state index in [1.165, 1.54) is 96.3 Å². The molecular weight excluding hydrogens is 314 g/mol. The van der Waals surface area contributed by atoms with Crippen LogP contribution < -0.4 is 0 Å². The van der Waals surface area contributed by atoms with Crippen molar-refractivity contribution >= 4 is 0 Å². The van der Waals surface area contributed by atoms with Gasteiger partial charge in [-0.1, -0.05) is 58.8 Å². The summed E-state index contributed by atoms with van der Waals surface area (Å²) in [5.41, 5.74) is 0.0305. The third-order valence-electron chi connectivity index (χ3n) is 8.66. The Hall–Kier alpha value is -0.510. The zero-order chi connectivity index (χ0) is 18.4. The summed E-state index contributed by atoms with van der Waals surface area (Å²) in [6.45, 7) is 4.62. The fraction of sp³-hybridized carbons (Fsp3) is 0.960. The van der Waals surface area contributed by atoms with Gasteiger partial charge in [0.15, 0.2) is 0 Å². The van der Waals surface area contributed by atoms with E-state index in [1.54, 1.807) is 0 Å². The first kappa shape index (κ1) is 20.2. The molecule has 0 spiro atoms. The Kier molecular flexibility index (Phi) is 7.48. The van der Waals surface area contributed by atoms with Crippen LogP contribution >= 0.6 is 0 Å². The van der Waals surface area contributed by atoms with Gasteiger partial charge in [0.1, 0.15) is 0 Å². The summed E-state index contributed by atoms with van der Waals surface area (Å²) in [6, 6.07) is 2.86. The van der Waals surface area contributed by atoms with E-state index in [0.29, 0.717) is 5.92 Å². The van der Waals surface area contributed by atoms with Gasteiger partial charge in [-0.05, 0) is 87.4 Å². The van der Waals surface area contributed by atoms with E-state index in [1.807, 2.05) is 0 Å². The Bertz CT molecular complexity index is 443. The van der Waals surface area contributed by atoms with Gasteiger partial charge < -0.3 is 0 Å². The van der Waals surface area contributed by atoms with E-state index in [2.05, 4.69) is 19.9 Å². The van der Waals surface area contributed by atoms with Crippen LogP contribution in [0.1, 0.15) is 117 Å². The number of rotatable bonds is 6. The fourth-order valence-electron chi connectivity index (χ4n) is 7.28. The van der Waals surface area contributed by atoms with Crippen LogP contribution in [0.2, 0.25) is 0 Å². The number of hydrogen-bond donors (Lipinski definition) is 0. The molecule has 0 bridgehead atoms. The maximum absolute atomic E-state index is 10.0. The van der Waals surface area contributed by atoms with Gasteiger partial charge >= 0.3 is 0 Å². The molecule has 0 aromatic carbocycles. The van der Waals surface area contributed by atoms with Crippen molar-refractivity contribution in [2.45, 2.75) is 117 Å². The molecule has 0 saturated heterocycles. The number of hydrogen-bond acceptors (Lipinski definition) is 1. The summed E-state index contributed by atoms with van der Waals surface area (Å²) in [7, 11) is 0. The minimum Gasteiger partial charge on any atom is -0.198 e. The normalized spacial score (nSPS) is 41.5. The van der Waals surface area contributed by atoms with Crippen LogP contribution in [0.3, 0.4) is 0 Å². The lowest BCUT2D eigenvalue weighted by Crippen LogP contribution is -2.39. The van der Waals surface area contributed by atoms with Gasteiger partial charge in [0, 0.05) is 0 Å². The summed E-state index contributed by atoms with van der Waals surface area (Å²) in [6.07, 6.45) is 22.2. The molecule has 0 aromatic heterocycles. The third kappa shape index (κ3) is 4.48. The Balaban J connectivity index is 1.52. The first-order chi connectivity index (χ1) is 12.7. The highest BCUT2D eigenvalue weighted by atomic mass is 14.5. The topological polar surface area (TPSA) is 23.8 Å². The fourth-order valence-corrected chi connectivity index (χ4v) is 7.28. The molecule has 3 fully saturated rings. The summed E-state index contributed by atoms with van der Waals surface area (Å²) in [5, 5.41) is 10.0. The molecule has 0 amide bonds. The van der Waals surface area contributed by atoms with Crippen LogP contribution in [0.25, 0.3) is 0 Å². The van der Waals surface area contributed by atoms with Crippen LogP contribution in [-0.4, -0.2) is 0 Å². The Morgan fingerprint density at radius 2 is 1.38 bits per heavy atom. The predicted octanol–water partition coefficient (Wildman–Crippen LogP) is 7.90. The quantitative estimate of drug-likeness (QED) is 0.474. The minimum absolute atomic E-state index is 0.0305. The van der Waals surface area contributed by atoms with Gasteiger partial charge in [-0.25, -0.2) is 0 Å². The van der Waals surface area contributed by atoms with Crippen LogP contribution in [0.5, 0.6) is 0 Å². The Morgan fingerprint density at radius 1 is 0.769 bits per heavy atom. The zero-order valence-electron chi connectivity index (χ0n) is 17.6. The average Bonchev–Trinajstić information content (AvgIpc) is 2.70. The molecule has 3 aliphatic carbocycles. The first-order valence-electron chi connectivity index (χ1n) is 12.1. The maximum atomic E-state index is 10.0. The number of nitriles is 1. The highest BCUT2D eigenvalue weighted by molar-refractivity contribution is 5.06. The Morgan fingerprint density at radius 3 is 1.96 bits per heavy atom. The smallest absolute Gasteiger partial charge is 0.0692 e. The molecule has 0 heterocycles. The second-order valence-electron chi connectivity index (χ2n) is 10.1. The molecule has 3 saturated carbocycles. The Labute approximate surface area is 163 Å². The van der Waals surface area contributed by atoms with E-state index >= 15 is 0 Å². The average molecular weight is 358 g/mol. The second kappa shape index (κ2) is 9.61. The van der Waals surface area contributed by atoms with Crippen molar-refractivity contribution < 1.29 is 0 Å². The van der Waals surface area contributed by atoms with Gasteiger partial charge in [-0.15, -0.1) is 0 Å². The lowest BCUT2D eigenvalue weighted by molar-refractivity contribution is 0.0459. The summed E-state index contributed by atoms with van der Waals surface area (Å²) >= 11 is 0. The first-order valence-corrected chi connectivity index (χ1v) is 12.1. The van der Waals surface area contributed by atoms with Gasteiger partial charge in [0.05, 0.1) is 11.5 Å². The highest BCUT2D eigenvalue weighted by Gasteiger charge is 2.45. The van der Waals surface area contributed by atoms with Crippen molar-refractivity contribution in [3.63, 3.8) is 0 Å². The van der Waals surface area contributed by atoms with Gasteiger partial charge in [0.25, 0.3) is 0 Å². The van der Waals surface area contributed by atoms with Crippen LogP contribution in [0, 0.1) is 46.3 Å². The third-order valence-corrected chi connectivity index (χ3v) is 8.66. The molecule has 3 rings (SSSR count). The van der Waals surface area contributed by atoms with Crippen LogP contribution in [0.15, 0.2) is 0 Å². The minimum atomic E-state index is 0.0305. The van der Waals surface area contributed by atoms with E-state index in [4.69, 9.17) is 0 Å². The molecular formula is C25H43N. The summed E-state index contributed by atoms with van der Waals surface area (Å²) in [4.78, 5) is 0. The van der Waals surface area contributed by atoms with E-state index in [9.17, 15) is 5.26 Å². The molecule has 1 heteroatoms. The van der Waals surface area contributed by atoms with Crippen molar-refractivity contribution in [2.24, 2.45) is 35.0 Å². The number of nitrogens with zero attached hydrogens (tertiary/aromatic N) is 1. The van der Waals surface area contributed by atoms with Crippen LogP contribution in [0.4, 0.5) is 0 Å². The monoisotopic (exact) mass is 357 g/mol. The van der Waals surface area contributed by atoms with Crippen molar-refractivity contribution in [1.29, 1.82) is 5.26 Å². The predicted molar refractivity (Wildman–Crippen MR) is 111 cm³/mol. The lowest BCUT2D eigenvalue weighted by atomic mass is 9.57. The summed E-state index contributed by atoms with van der Waals surface area (Å²) < 4.78 is 0. The molecule has 3 aliphatic rings. The molecule has 0 N–H and O–H groups in total.